The first kappa shape index (κ1) is 16.6. The van der Waals surface area contributed by atoms with Crippen LogP contribution in [0.3, 0.4) is 0 Å². The van der Waals surface area contributed by atoms with Crippen molar-refractivity contribution in [1.29, 1.82) is 0 Å². The van der Waals surface area contributed by atoms with Crippen molar-refractivity contribution in [2.45, 2.75) is 6.92 Å². The van der Waals surface area contributed by atoms with E-state index in [1.807, 2.05) is 0 Å². The Labute approximate surface area is 93.0 Å². The average molecular weight is 155 g/mol. The van der Waals surface area contributed by atoms with Gasteiger partial charge in [-0.1, -0.05) is 6.92 Å². The third-order valence-electron chi connectivity index (χ3n) is 0.400. The first-order valence-electron chi connectivity index (χ1n) is 1.59. The van der Waals surface area contributed by atoms with Crippen LogP contribution in [-0.2, 0) is 4.57 Å². The van der Waals surface area contributed by atoms with Gasteiger partial charge in [0.2, 0.25) is 0 Å². The second-order valence-corrected chi connectivity index (χ2v) is 2.86. The van der Waals surface area contributed by atoms with Crippen molar-refractivity contribution >= 4 is 37.2 Å². The quantitative estimate of drug-likeness (QED) is 0.312. The topological polar surface area (TPSA) is 60.4 Å². The molecule has 0 saturated carbocycles. The van der Waals surface area contributed by atoms with Crippen molar-refractivity contribution < 1.29 is 43.9 Å². The van der Waals surface area contributed by atoms with Gasteiger partial charge in [-0.2, -0.15) is 0 Å². The minimum Gasteiger partial charge on any atom is -0.779 e. The minimum atomic E-state index is -3.90. The van der Waals surface area contributed by atoms with E-state index in [9.17, 15) is 9.46 Å². The van der Waals surface area contributed by atoms with E-state index in [0.29, 0.717) is 0 Å². The number of hydrogen-bond acceptors (Lipinski definition) is 2. The minimum absolute atomic E-state index is 0. The van der Waals surface area contributed by atoms with E-state index in [2.05, 4.69) is 0 Å². The van der Waals surface area contributed by atoms with Crippen LogP contribution in [0.1, 0.15) is 6.92 Å². The van der Waals surface area contributed by atoms with Crippen molar-refractivity contribution in [3.63, 3.8) is 0 Å². The van der Waals surface area contributed by atoms with Gasteiger partial charge in [0.05, 0.1) is 0 Å². The summed E-state index contributed by atoms with van der Waals surface area (Å²) in [5.74, 6) is 0. The van der Waals surface area contributed by atoms with Gasteiger partial charge < -0.3 is 14.4 Å². The van der Waals surface area contributed by atoms with E-state index < -0.39 is 7.60 Å². The molecule has 0 fully saturated rings. The Morgan fingerprint density at radius 2 is 1.88 bits per heavy atom. The van der Waals surface area contributed by atoms with Crippen LogP contribution in [0.25, 0.3) is 0 Å². The van der Waals surface area contributed by atoms with Crippen molar-refractivity contribution in [2.75, 3.05) is 6.16 Å². The summed E-state index contributed by atoms with van der Waals surface area (Å²) in [5, 5.41) is 0. The molecule has 0 rings (SSSR count). The first-order chi connectivity index (χ1) is 2.56. The Hall–Kier alpha value is 2.15. The van der Waals surface area contributed by atoms with E-state index >= 15 is 0 Å². The van der Waals surface area contributed by atoms with Crippen LogP contribution >= 0.6 is 7.60 Å². The normalized spacial score (nSPS) is 14.9. The predicted molar refractivity (Wildman–Crippen MR) is 26.1 cm³/mol. The third-order valence-corrected chi connectivity index (χ3v) is 1.20. The molecule has 3 nitrogen and oxygen atoms in total. The van der Waals surface area contributed by atoms with Gasteiger partial charge in [0.25, 0.3) is 0 Å². The molecule has 0 saturated heterocycles. The second kappa shape index (κ2) is 7.26. The molecular formula is C2H6Na2O3P. The summed E-state index contributed by atoms with van der Waals surface area (Å²) in [4.78, 5) is 17.4. The summed E-state index contributed by atoms with van der Waals surface area (Å²) in [7, 11) is -3.90. The summed E-state index contributed by atoms with van der Waals surface area (Å²) in [6.45, 7) is 1.38. The van der Waals surface area contributed by atoms with Gasteiger partial charge in [0.1, 0.15) is 7.60 Å². The number of rotatable bonds is 1. The summed E-state index contributed by atoms with van der Waals surface area (Å²) in [5.41, 5.74) is 0. The maximum absolute atomic E-state index is 9.58. The van der Waals surface area contributed by atoms with Gasteiger partial charge in [-0.15, -0.1) is 0 Å². The van der Waals surface area contributed by atoms with E-state index in [0.717, 1.165) is 0 Å². The van der Waals surface area contributed by atoms with E-state index in [1.165, 1.54) is 6.92 Å². The molecule has 1 radical (unpaired) electrons. The zero-order valence-corrected chi connectivity index (χ0v) is 10.3. The summed E-state index contributed by atoms with van der Waals surface area (Å²) < 4.78 is 9.58. The largest absolute Gasteiger partial charge is 1.00 e. The first-order valence-corrected chi connectivity index (χ1v) is 3.35. The monoisotopic (exact) mass is 155 g/mol. The molecule has 0 amide bonds. The standard InChI is InChI=1S/C2H7O3P.2Na/c1-2-6(3,4)5;;/h2H2,1H3,(H2,3,4,5);;/q;;+1/p-1. The maximum Gasteiger partial charge on any atom is 1.00 e. The SMILES string of the molecule is CCP(=O)([O-])O.[Na+].[Na]. The zero-order chi connectivity index (χ0) is 5.21. The molecule has 0 spiro atoms. The molecule has 1 unspecified atom stereocenters. The third kappa shape index (κ3) is 15.7. The molecule has 0 aromatic carbocycles. The van der Waals surface area contributed by atoms with Crippen molar-refractivity contribution in [3.05, 3.63) is 0 Å². The molecule has 1 N–H and O–H groups in total. The molecule has 0 aliphatic carbocycles. The molecule has 1 atom stereocenters. The van der Waals surface area contributed by atoms with E-state index in [1.54, 1.807) is 0 Å². The van der Waals surface area contributed by atoms with E-state index in [-0.39, 0.29) is 65.3 Å². The molecule has 0 aromatic rings. The Kier molecular flexibility index (Phi) is 15.1. The Bertz CT molecular complexity index is 79.4. The van der Waals surface area contributed by atoms with Crippen LogP contribution in [0.15, 0.2) is 0 Å². The molecule has 0 bridgehead atoms. The molecule has 0 heterocycles. The fourth-order valence-corrected chi connectivity index (χ4v) is 0. The van der Waals surface area contributed by atoms with Gasteiger partial charge in [-0.3, -0.25) is 0 Å². The van der Waals surface area contributed by atoms with E-state index in [4.69, 9.17) is 4.89 Å². The molecule has 0 aliphatic rings. The fraction of sp³-hybridized carbons (Fsp3) is 1.00. The van der Waals surface area contributed by atoms with Crippen molar-refractivity contribution in [2.24, 2.45) is 0 Å². The predicted octanol–water partition coefficient (Wildman–Crippen LogP) is -3.82. The summed E-state index contributed by atoms with van der Waals surface area (Å²) >= 11 is 0. The number of hydrogen-bond donors (Lipinski definition) is 1. The molecule has 39 valence electrons. The van der Waals surface area contributed by atoms with Crippen molar-refractivity contribution in [3.8, 4) is 0 Å². The Morgan fingerprint density at radius 1 is 1.75 bits per heavy atom. The second-order valence-electron chi connectivity index (χ2n) is 0.954. The van der Waals surface area contributed by atoms with Crippen LogP contribution in [0, 0.1) is 0 Å². The van der Waals surface area contributed by atoms with Crippen LogP contribution in [0.2, 0.25) is 0 Å². The van der Waals surface area contributed by atoms with Crippen LogP contribution in [0.5, 0.6) is 0 Å². The van der Waals surface area contributed by atoms with Gasteiger partial charge >= 0.3 is 29.6 Å². The average Bonchev–Trinajstić information content (AvgIpc) is 1.35. The van der Waals surface area contributed by atoms with Crippen LogP contribution in [0.4, 0.5) is 0 Å². The maximum atomic E-state index is 9.58. The zero-order valence-electron chi connectivity index (χ0n) is 5.42. The molecular weight excluding hydrogens is 149 g/mol. The molecule has 0 aromatic heterocycles. The Morgan fingerprint density at radius 3 is 1.88 bits per heavy atom. The van der Waals surface area contributed by atoms with Crippen LogP contribution < -0.4 is 34.5 Å². The molecule has 8 heavy (non-hydrogen) atoms. The van der Waals surface area contributed by atoms with Gasteiger partial charge in [-0.05, 0) is 0 Å². The van der Waals surface area contributed by atoms with Gasteiger partial charge in [0.15, 0.2) is 0 Å². The Balaban J connectivity index is -0.000000125. The molecule has 6 heteroatoms. The van der Waals surface area contributed by atoms with Gasteiger partial charge in [0, 0.05) is 35.7 Å². The van der Waals surface area contributed by atoms with Crippen LogP contribution in [-0.4, -0.2) is 40.6 Å². The smallest absolute Gasteiger partial charge is 0.779 e. The van der Waals surface area contributed by atoms with Crippen molar-refractivity contribution in [1.82, 2.24) is 0 Å². The fourth-order valence-electron chi connectivity index (χ4n) is 0. The summed E-state index contributed by atoms with van der Waals surface area (Å²) in [6.07, 6.45) is -0.174. The molecule has 0 aliphatic heterocycles. The summed E-state index contributed by atoms with van der Waals surface area (Å²) in [6, 6.07) is 0. The van der Waals surface area contributed by atoms with Gasteiger partial charge in [-0.25, -0.2) is 0 Å².